The third kappa shape index (κ3) is 2.59. The molecule has 1 aromatic carbocycles. The van der Waals surface area contributed by atoms with Crippen LogP contribution in [-0.4, -0.2) is 25.0 Å². The second-order valence-electron chi connectivity index (χ2n) is 2.91. The van der Waals surface area contributed by atoms with Crippen molar-refractivity contribution < 1.29 is 27.5 Å². The number of esters is 1. The molecule has 6 heteroatoms. The van der Waals surface area contributed by atoms with E-state index >= 15 is 0 Å². The summed E-state index contributed by atoms with van der Waals surface area (Å²) in [5, 5.41) is 0. The molecule has 0 aliphatic rings. The van der Waals surface area contributed by atoms with Gasteiger partial charge in [-0.1, -0.05) is 0 Å². The largest absolute Gasteiger partial charge is 0.467 e. The second-order valence-corrected chi connectivity index (χ2v) is 2.91. The molecule has 0 saturated heterocycles. The molecule has 0 bridgehead atoms. The lowest BCUT2D eigenvalue weighted by Crippen LogP contribution is -2.27. The number of ketones is 1. The molecule has 86 valence electrons. The monoisotopic (exact) mass is 232 g/mol. The highest BCUT2D eigenvalue weighted by Gasteiger charge is 2.28. The maximum atomic E-state index is 13.1. The summed E-state index contributed by atoms with van der Waals surface area (Å²) in [6.07, 6.45) is -2.58. The van der Waals surface area contributed by atoms with E-state index in [-0.39, 0.29) is 0 Å². The molecule has 1 atom stereocenters. The summed E-state index contributed by atoms with van der Waals surface area (Å²) in [5.41, 5.74) is -0.560. The Hall–Kier alpha value is -1.85. The molecule has 1 unspecified atom stereocenters. The van der Waals surface area contributed by atoms with Crippen LogP contribution in [0.2, 0.25) is 0 Å². The van der Waals surface area contributed by atoms with Crippen molar-refractivity contribution >= 4 is 11.8 Å². The molecular formula is C10H7F3O3. The lowest BCUT2D eigenvalue weighted by Gasteiger charge is -2.05. The Balaban J connectivity index is 3.00. The number of carbonyl (C=O) groups excluding carboxylic acids is 2. The second kappa shape index (κ2) is 4.78. The van der Waals surface area contributed by atoms with Gasteiger partial charge < -0.3 is 4.74 Å². The van der Waals surface area contributed by atoms with Crippen LogP contribution in [0, 0.1) is 11.6 Å². The molecule has 16 heavy (non-hydrogen) atoms. The minimum Gasteiger partial charge on any atom is -0.467 e. The van der Waals surface area contributed by atoms with Crippen molar-refractivity contribution in [3.8, 4) is 0 Å². The fourth-order valence-corrected chi connectivity index (χ4v) is 1.05. The molecule has 0 aliphatic carbocycles. The Labute approximate surface area is 88.8 Å². The molecule has 1 aromatic rings. The predicted molar refractivity (Wildman–Crippen MR) is 47.6 cm³/mol. The molecule has 1 rings (SSSR count). The lowest BCUT2D eigenvalue weighted by molar-refractivity contribution is -0.144. The van der Waals surface area contributed by atoms with Gasteiger partial charge in [-0.2, -0.15) is 0 Å². The van der Waals surface area contributed by atoms with Crippen molar-refractivity contribution in [3.05, 3.63) is 35.4 Å². The molecule has 0 saturated carbocycles. The highest BCUT2D eigenvalue weighted by Crippen LogP contribution is 2.12. The van der Waals surface area contributed by atoms with Crippen LogP contribution in [0.4, 0.5) is 13.2 Å². The molecule has 0 amide bonds. The molecule has 0 aliphatic heterocycles. The quantitative estimate of drug-likeness (QED) is 0.452. The number of hydrogen-bond donors (Lipinski definition) is 0. The number of alkyl halides is 1. The zero-order chi connectivity index (χ0) is 12.3. The van der Waals surface area contributed by atoms with Gasteiger partial charge in [0, 0.05) is 11.6 Å². The summed E-state index contributed by atoms with van der Waals surface area (Å²) < 4.78 is 42.5. The lowest BCUT2D eigenvalue weighted by atomic mass is 10.1. The van der Waals surface area contributed by atoms with E-state index in [1.165, 1.54) is 0 Å². The van der Waals surface area contributed by atoms with E-state index in [0.29, 0.717) is 18.2 Å². The van der Waals surface area contributed by atoms with Crippen molar-refractivity contribution in [1.82, 2.24) is 0 Å². The van der Waals surface area contributed by atoms with E-state index < -0.39 is 35.1 Å². The summed E-state index contributed by atoms with van der Waals surface area (Å²) in [7, 11) is 0.897. The molecule has 3 nitrogen and oxygen atoms in total. The Kier molecular flexibility index (Phi) is 3.65. The van der Waals surface area contributed by atoms with Crippen molar-refractivity contribution in [2.75, 3.05) is 7.11 Å². The van der Waals surface area contributed by atoms with Gasteiger partial charge in [-0.25, -0.2) is 18.0 Å². The van der Waals surface area contributed by atoms with Gasteiger partial charge in [0.15, 0.2) is 0 Å². The normalized spacial score (nSPS) is 12.0. The molecular weight excluding hydrogens is 225 g/mol. The summed E-state index contributed by atoms with van der Waals surface area (Å²) in [6, 6.07) is 1.81. The number of Topliss-reactive ketones (excluding diaryl/α,β-unsaturated/α-hetero) is 1. The molecule has 0 fully saturated rings. The number of rotatable bonds is 3. The summed E-state index contributed by atoms with van der Waals surface area (Å²) in [5.74, 6) is -4.80. The van der Waals surface area contributed by atoms with E-state index in [1.807, 2.05) is 0 Å². The number of methoxy groups -OCH3 is 1. The first-order valence-electron chi connectivity index (χ1n) is 4.18. The summed E-state index contributed by atoms with van der Waals surface area (Å²) in [4.78, 5) is 21.9. The first-order valence-corrected chi connectivity index (χ1v) is 4.18. The zero-order valence-electron chi connectivity index (χ0n) is 8.17. The molecule has 0 aromatic heterocycles. The van der Waals surface area contributed by atoms with Gasteiger partial charge in [0.05, 0.1) is 7.11 Å². The van der Waals surface area contributed by atoms with Crippen LogP contribution in [0.1, 0.15) is 10.4 Å². The molecule has 0 N–H and O–H groups in total. The number of hydrogen-bond acceptors (Lipinski definition) is 3. The maximum Gasteiger partial charge on any atom is 0.348 e. The minimum atomic E-state index is -2.58. The van der Waals surface area contributed by atoms with Crippen molar-refractivity contribution in [2.24, 2.45) is 0 Å². The third-order valence-corrected chi connectivity index (χ3v) is 1.79. The first-order chi connectivity index (χ1) is 7.45. The Morgan fingerprint density at radius 1 is 1.19 bits per heavy atom. The standard InChI is InChI=1S/C10H7F3O3/c1-16-10(15)8(13)9(14)5-2-6(11)4-7(12)3-5/h2-4,8H,1H3. The molecule has 0 heterocycles. The van der Waals surface area contributed by atoms with Crippen molar-refractivity contribution in [2.45, 2.75) is 6.17 Å². The fourth-order valence-electron chi connectivity index (χ4n) is 1.05. The number of ether oxygens (including phenoxy) is 1. The van der Waals surface area contributed by atoms with Crippen molar-refractivity contribution in [1.29, 1.82) is 0 Å². The van der Waals surface area contributed by atoms with Crippen LogP contribution >= 0.6 is 0 Å². The average Bonchev–Trinajstić information content (AvgIpc) is 2.24. The highest BCUT2D eigenvalue weighted by atomic mass is 19.1. The number of halogens is 3. The summed E-state index contributed by atoms with van der Waals surface area (Å²) in [6.45, 7) is 0. The maximum absolute atomic E-state index is 13.1. The average molecular weight is 232 g/mol. The van der Waals surface area contributed by atoms with Gasteiger partial charge >= 0.3 is 5.97 Å². The van der Waals surface area contributed by atoms with Crippen LogP contribution in [0.5, 0.6) is 0 Å². The van der Waals surface area contributed by atoms with Gasteiger partial charge in [-0.15, -0.1) is 0 Å². The van der Waals surface area contributed by atoms with Crippen LogP contribution < -0.4 is 0 Å². The van der Waals surface area contributed by atoms with Gasteiger partial charge in [-0.05, 0) is 12.1 Å². The van der Waals surface area contributed by atoms with Gasteiger partial charge in [0.2, 0.25) is 5.78 Å². The third-order valence-electron chi connectivity index (χ3n) is 1.79. The van der Waals surface area contributed by atoms with Crippen LogP contribution in [0.3, 0.4) is 0 Å². The summed E-state index contributed by atoms with van der Waals surface area (Å²) >= 11 is 0. The van der Waals surface area contributed by atoms with Crippen LogP contribution in [0.15, 0.2) is 18.2 Å². The number of carbonyl (C=O) groups is 2. The smallest absolute Gasteiger partial charge is 0.348 e. The van der Waals surface area contributed by atoms with E-state index in [4.69, 9.17) is 0 Å². The molecule has 0 spiro atoms. The Morgan fingerprint density at radius 2 is 1.69 bits per heavy atom. The SMILES string of the molecule is COC(=O)C(F)C(=O)c1cc(F)cc(F)c1. The Morgan fingerprint density at radius 3 is 2.12 bits per heavy atom. The van der Waals surface area contributed by atoms with Crippen LogP contribution in [-0.2, 0) is 9.53 Å². The van der Waals surface area contributed by atoms with Crippen molar-refractivity contribution in [3.63, 3.8) is 0 Å². The van der Waals surface area contributed by atoms with Gasteiger partial charge in [0.1, 0.15) is 11.6 Å². The van der Waals surface area contributed by atoms with Gasteiger partial charge in [0.25, 0.3) is 6.17 Å². The fraction of sp³-hybridized carbons (Fsp3) is 0.200. The van der Waals surface area contributed by atoms with E-state index in [2.05, 4.69) is 4.74 Å². The number of benzene rings is 1. The van der Waals surface area contributed by atoms with Crippen LogP contribution in [0.25, 0.3) is 0 Å². The topological polar surface area (TPSA) is 43.4 Å². The molecule has 0 radical (unpaired) electrons. The van der Waals surface area contributed by atoms with E-state index in [9.17, 15) is 22.8 Å². The van der Waals surface area contributed by atoms with E-state index in [0.717, 1.165) is 7.11 Å². The van der Waals surface area contributed by atoms with Gasteiger partial charge in [-0.3, -0.25) is 4.79 Å². The first kappa shape index (κ1) is 12.2. The minimum absolute atomic E-state index is 0.530. The Bertz CT molecular complexity index is 411. The predicted octanol–water partition coefficient (Wildman–Crippen LogP) is 1.66. The van der Waals surface area contributed by atoms with E-state index in [1.54, 1.807) is 0 Å². The zero-order valence-corrected chi connectivity index (χ0v) is 8.17. The highest BCUT2D eigenvalue weighted by molar-refractivity contribution is 6.11.